The lowest BCUT2D eigenvalue weighted by molar-refractivity contribution is 0.618. The third-order valence-electron chi connectivity index (χ3n) is 2.97. The predicted octanol–water partition coefficient (Wildman–Crippen LogP) is 3.35. The molecule has 0 aliphatic rings. The van der Waals surface area contributed by atoms with Gasteiger partial charge in [-0.3, -0.25) is 0 Å². The Morgan fingerprint density at radius 1 is 1.39 bits per heavy atom. The van der Waals surface area contributed by atoms with Crippen LogP contribution in [0.1, 0.15) is 24.7 Å². The number of aromatic nitrogens is 2. The molecular formula is C14H18FN3. The third kappa shape index (κ3) is 2.70. The van der Waals surface area contributed by atoms with Gasteiger partial charge in [-0.25, -0.2) is 9.37 Å². The Kier molecular flexibility index (Phi) is 3.97. The molecule has 0 unspecified atom stereocenters. The van der Waals surface area contributed by atoms with E-state index in [0.29, 0.717) is 12.1 Å². The molecule has 18 heavy (non-hydrogen) atoms. The summed E-state index contributed by atoms with van der Waals surface area (Å²) >= 11 is 0. The van der Waals surface area contributed by atoms with Crippen molar-refractivity contribution in [2.24, 2.45) is 0 Å². The number of nitrogens with zero attached hydrogens (tertiary/aromatic N) is 2. The van der Waals surface area contributed by atoms with Gasteiger partial charge in [-0.1, -0.05) is 13.0 Å². The molecule has 0 bridgehead atoms. The van der Waals surface area contributed by atoms with Gasteiger partial charge in [-0.05, 0) is 25.5 Å². The van der Waals surface area contributed by atoms with Crippen LogP contribution in [0.5, 0.6) is 0 Å². The molecule has 1 aromatic carbocycles. The SMILES string of the molecule is CCCn1ccnc1CNc1cccc(F)c1C. The molecule has 0 aliphatic heterocycles. The van der Waals surface area contributed by atoms with Crippen LogP contribution >= 0.6 is 0 Å². The second-order valence-electron chi connectivity index (χ2n) is 4.30. The second kappa shape index (κ2) is 5.67. The van der Waals surface area contributed by atoms with Gasteiger partial charge >= 0.3 is 0 Å². The molecule has 0 aliphatic carbocycles. The number of anilines is 1. The summed E-state index contributed by atoms with van der Waals surface area (Å²) in [5.41, 5.74) is 1.46. The molecule has 0 fully saturated rings. The van der Waals surface area contributed by atoms with Crippen molar-refractivity contribution < 1.29 is 4.39 Å². The molecule has 0 spiro atoms. The van der Waals surface area contributed by atoms with Crippen molar-refractivity contribution in [1.29, 1.82) is 0 Å². The third-order valence-corrected chi connectivity index (χ3v) is 2.97. The van der Waals surface area contributed by atoms with E-state index >= 15 is 0 Å². The number of nitrogens with one attached hydrogen (secondary N) is 1. The van der Waals surface area contributed by atoms with Gasteiger partial charge in [-0.15, -0.1) is 0 Å². The predicted molar refractivity (Wildman–Crippen MR) is 71.0 cm³/mol. The molecule has 1 N–H and O–H groups in total. The highest BCUT2D eigenvalue weighted by Crippen LogP contribution is 2.18. The normalized spacial score (nSPS) is 10.6. The molecule has 3 nitrogen and oxygen atoms in total. The summed E-state index contributed by atoms with van der Waals surface area (Å²) in [7, 11) is 0. The highest BCUT2D eigenvalue weighted by molar-refractivity contribution is 5.50. The first-order valence-corrected chi connectivity index (χ1v) is 6.21. The Hall–Kier alpha value is -1.84. The summed E-state index contributed by atoms with van der Waals surface area (Å²) in [5.74, 6) is 0.789. The molecule has 2 aromatic rings. The van der Waals surface area contributed by atoms with Gasteiger partial charge in [0.15, 0.2) is 0 Å². The first-order valence-electron chi connectivity index (χ1n) is 6.21. The minimum absolute atomic E-state index is 0.183. The molecule has 0 radical (unpaired) electrons. The van der Waals surface area contributed by atoms with E-state index in [1.165, 1.54) is 6.07 Å². The standard InChI is InChI=1S/C14H18FN3/c1-3-8-18-9-7-16-14(18)10-17-13-6-4-5-12(15)11(13)2/h4-7,9,17H,3,8,10H2,1-2H3. The topological polar surface area (TPSA) is 29.9 Å². The average molecular weight is 247 g/mol. The van der Waals surface area contributed by atoms with Gasteiger partial charge < -0.3 is 9.88 Å². The second-order valence-corrected chi connectivity index (χ2v) is 4.30. The van der Waals surface area contributed by atoms with Crippen molar-refractivity contribution >= 4 is 5.69 Å². The summed E-state index contributed by atoms with van der Waals surface area (Å²) in [6.07, 6.45) is 4.84. The van der Waals surface area contributed by atoms with E-state index in [4.69, 9.17) is 0 Å². The highest BCUT2D eigenvalue weighted by Gasteiger charge is 2.05. The highest BCUT2D eigenvalue weighted by atomic mass is 19.1. The minimum Gasteiger partial charge on any atom is -0.378 e. The lowest BCUT2D eigenvalue weighted by atomic mass is 10.2. The summed E-state index contributed by atoms with van der Waals surface area (Å²) in [4.78, 5) is 4.31. The van der Waals surface area contributed by atoms with Crippen molar-refractivity contribution in [1.82, 2.24) is 9.55 Å². The van der Waals surface area contributed by atoms with Gasteiger partial charge in [0, 0.05) is 30.2 Å². The fourth-order valence-corrected chi connectivity index (χ4v) is 1.92. The van der Waals surface area contributed by atoms with Gasteiger partial charge in [0.1, 0.15) is 11.6 Å². The van der Waals surface area contributed by atoms with Crippen molar-refractivity contribution in [2.75, 3.05) is 5.32 Å². The van der Waals surface area contributed by atoms with E-state index in [0.717, 1.165) is 24.5 Å². The van der Waals surface area contributed by atoms with Crippen LogP contribution in [-0.4, -0.2) is 9.55 Å². The monoisotopic (exact) mass is 247 g/mol. The fourth-order valence-electron chi connectivity index (χ4n) is 1.92. The maximum Gasteiger partial charge on any atom is 0.128 e. The number of imidazole rings is 1. The molecule has 4 heteroatoms. The maximum atomic E-state index is 13.4. The Morgan fingerprint density at radius 2 is 2.22 bits per heavy atom. The van der Waals surface area contributed by atoms with E-state index < -0.39 is 0 Å². The van der Waals surface area contributed by atoms with Crippen LogP contribution in [0.4, 0.5) is 10.1 Å². The zero-order chi connectivity index (χ0) is 13.0. The minimum atomic E-state index is -0.183. The lowest BCUT2D eigenvalue weighted by Gasteiger charge is -2.11. The molecule has 0 atom stereocenters. The molecule has 2 rings (SSSR count). The van der Waals surface area contributed by atoms with Crippen LogP contribution < -0.4 is 5.32 Å². The van der Waals surface area contributed by atoms with Crippen LogP contribution in [0.3, 0.4) is 0 Å². The van der Waals surface area contributed by atoms with E-state index in [-0.39, 0.29) is 5.82 Å². The van der Waals surface area contributed by atoms with Gasteiger partial charge in [-0.2, -0.15) is 0 Å². The number of rotatable bonds is 5. The summed E-state index contributed by atoms with van der Waals surface area (Å²) in [6, 6.07) is 5.06. The Labute approximate surface area is 107 Å². The number of benzene rings is 1. The van der Waals surface area contributed by atoms with Crippen molar-refractivity contribution in [3.63, 3.8) is 0 Å². The molecule has 96 valence electrons. The summed E-state index contributed by atoms with van der Waals surface area (Å²) in [5, 5.41) is 3.23. The van der Waals surface area contributed by atoms with Crippen molar-refractivity contribution in [3.05, 3.63) is 47.8 Å². The first-order chi connectivity index (χ1) is 8.72. The molecule has 0 saturated carbocycles. The van der Waals surface area contributed by atoms with E-state index in [1.807, 2.05) is 12.3 Å². The lowest BCUT2D eigenvalue weighted by Crippen LogP contribution is -2.09. The number of aryl methyl sites for hydroxylation is 1. The van der Waals surface area contributed by atoms with Crippen molar-refractivity contribution in [3.8, 4) is 0 Å². The molecule has 1 heterocycles. The molecule has 0 saturated heterocycles. The van der Waals surface area contributed by atoms with Crippen LogP contribution in [-0.2, 0) is 13.1 Å². The first kappa shape index (κ1) is 12.6. The quantitative estimate of drug-likeness (QED) is 0.878. The van der Waals surface area contributed by atoms with Gasteiger partial charge in [0.2, 0.25) is 0 Å². The van der Waals surface area contributed by atoms with Crippen LogP contribution in [0.2, 0.25) is 0 Å². The van der Waals surface area contributed by atoms with Crippen LogP contribution in [0.15, 0.2) is 30.6 Å². The number of hydrogen-bond donors (Lipinski definition) is 1. The van der Waals surface area contributed by atoms with Crippen LogP contribution in [0.25, 0.3) is 0 Å². The van der Waals surface area contributed by atoms with E-state index in [1.54, 1.807) is 19.2 Å². The summed E-state index contributed by atoms with van der Waals surface area (Å²) in [6.45, 7) is 5.47. The van der Waals surface area contributed by atoms with Gasteiger partial charge in [0.25, 0.3) is 0 Å². The maximum absolute atomic E-state index is 13.4. The van der Waals surface area contributed by atoms with Gasteiger partial charge in [0.05, 0.1) is 6.54 Å². The fraction of sp³-hybridized carbons (Fsp3) is 0.357. The average Bonchev–Trinajstić information content (AvgIpc) is 2.79. The smallest absolute Gasteiger partial charge is 0.128 e. The molecule has 1 aromatic heterocycles. The van der Waals surface area contributed by atoms with E-state index in [2.05, 4.69) is 21.8 Å². The molecular weight excluding hydrogens is 229 g/mol. The Balaban J connectivity index is 2.07. The zero-order valence-electron chi connectivity index (χ0n) is 10.8. The number of halogens is 1. The molecule has 0 amide bonds. The largest absolute Gasteiger partial charge is 0.378 e. The van der Waals surface area contributed by atoms with E-state index in [9.17, 15) is 4.39 Å². The van der Waals surface area contributed by atoms with Crippen LogP contribution in [0, 0.1) is 12.7 Å². The summed E-state index contributed by atoms with van der Waals surface area (Å²) < 4.78 is 15.5. The Morgan fingerprint density at radius 3 is 3.00 bits per heavy atom. The zero-order valence-corrected chi connectivity index (χ0v) is 10.8. The Bertz CT molecular complexity index is 520. The van der Waals surface area contributed by atoms with Crippen molar-refractivity contribution in [2.45, 2.75) is 33.4 Å². The number of hydrogen-bond acceptors (Lipinski definition) is 2.